The fourth-order valence-electron chi connectivity index (χ4n) is 3.99. The molecule has 1 aromatic carbocycles. The first-order valence-corrected chi connectivity index (χ1v) is 8.65. The van der Waals surface area contributed by atoms with Gasteiger partial charge in [0.2, 0.25) is 0 Å². The van der Waals surface area contributed by atoms with Crippen molar-refractivity contribution < 1.29 is 4.59 Å². The number of aromatic nitrogens is 2. The Hall–Kier alpha value is -2.38. The third-order valence-corrected chi connectivity index (χ3v) is 5.48. The Labute approximate surface area is 143 Å². The fraction of sp³-hybridized carbons (Fsp3) is 0.400. The molecule has 0 amide bonds. The molecule has 4 nitrogen and oxygen atoms in total. The van der Waals surface area contributed by atoms with Crippen molar-refractivity contribution >= 4 is 5.82 Å². The van der Waals surface area contributed by atoms with Gasteiger partial charge in [-0.2, -0.15) is 0 Å². The molecule has 122 valence electrons. The summed E-state index contributed by atoms with van der Waals surface area (Å²) in [5, 5.41) is 11.2. The Kier molecular flexibility index (Phi) is 3.74. The highest BCUT2D eigenvalue weighted by Crippen LogP contribution is 2.40. The van der Waals surface area contributed by atoms with E-state index < -0.39 is 0 Å². The zero-order valence-electron chi connectivity index (χ0n) is 14.3. The van der Waals surface area contributed by atoms with Gasteiger partial charge in [-0.15, -0.1) is 10.2 Å². The Morgan fingerprint density at radius 2 is 1.83 bits per heavy atom. The van der Waals surface area contributed by atoms with E-state index in [9.17, 15) is 0 Å². The normalized spacial score (nSPS) is 24.3. The lowest BCUT2D eigenvalue weighted by Crippen LogP contribution is -2.63. The summed E-state index contributed by atoms with van der Waals surface area (Å²) in [6.45, 7) is 1.08. The van der Waals surface area contributed by atoms with Gasteiger partial charge in [-0.3, -0.25) is 0 Å². The summed E-state index contributed by atoms with van der Waals surface area (Å²) < 4.78 is 0.889. The molecule has 4 rings (SSSR count). The first kappa shape index (κ1) is 15.2. The second-order valence-electron chi connectivity index (χ2n) is 7.29. The zero-order chi connectivity index (χ0) is 16.6. The molecule has 2 unspecified atom stereocenters. The van der Waals surface area contributed by atoms with Gasteiger partial charge in [0.25, 0.3) is 0 Å². The van der Waals surface area contributed by atoms with E-state index in [0.29, 0.717) is 11.7 Å². The van der Waals surface area contributed by atoms with Crippen molar-refractivity contribution in [2.45, 2.75) is 25.3 Å². The van der Waals surface area contributed by atoms with E-state index in [1.165, 1.54) is 19.3 Å². The molecule has 0 spiro atoms. The molecule has 1 aliphatic carbocycles. The molecule has 4 heteroatoms. The molecule has 1 aliphatic heterocycles. The quantitative estimate of drug-likeness (QED) is 0.598. The lowest BCUT2D eigenvalue weighted by molar-refractivity contribution is -0.926. The van der Waals surface area contributed by atoms with Crippen molar-refractivity contribution in [3.63, 3.8) is 0 Å². The monoisotopic (exact) mass is 319 g/mol. The number of nitrogens with zero attached hydrogens (tertiary/aromatic N) is 4. The van der Waals surface area contributed by atoms with E-state index in [2.05, 4.69) is 47.2 Å². The zero-order valence-corrected chi connectivity index (χ0v) is 14.3. The maximum atomic E-state index is 4.46. The van der Waals surface area contributed by atoms with Crippen LogP contribution in [0.1, 0.15) is 30.5 Å². The first-order valence-electron chi connectivity index (χ1n) is 8.65. The minimum absolute atomic E-state index is 0.711. The third-order valence-electron chi connectivity index (χ3n) is 5.48. The molecule has 0 radical (unpaired) electrons. The summed E-state index contributed by atoms with van der Waals surface area (Å²) in [7, 11) is 4.58. The van der Waals surface area contributed by atoms with Crippen LogP contribution in [0.5, 0.6) is 0 Å². The average Bonchev–Trinajstić information content (AvgIpc) is 3.04. The van der Waals surface area contributed by atoms with Gasteiger partial charge in [0.05, 0.1) is 20.6 Å². The van der Waals surface area contributed by atoms with Crippen LogP contribution in [0, 0.1) is 17.8 Å². The Balaban J connectivity index is 1.55. The van der Waals surface area contributed by atoms with Crippen LogP contribution < -0.4 is 5.01 Å². The molecule has 2 atom stereocenters. The lowest BCUT2D eigenvalue weighted by atomic mass is 10.0. The van der Waals surface area contributed by atoms with E-state index in [4.69, 9.17) is 0 Å². The number of benzene rings is 1. The van der Waals surface area contributed by atoms with E-state index >= 15 is 0 Å². The standard InChI is InChI=1S/C20H23N4/c1-24(2)19-12-9-17(14-19)15-23(24)20-13-11-18(21-22-20)10-8-16-6-4-3-5-7-16/h3-7,11,13,17,19H,9,12,14-15H2,1-2H3/q+1. The molecule has 0 N–H and O–H groups in total. The molecule has 2 heterocycles. The summed E-state index contributed by atoms with van der Waals surface area (Å²) >= 11 is 0. The molecule has 2 aromatic rings. The SMILES string of the molecule is C[N+]1(C)C2CCC(C2)CN1c1ccc(C#Cc2ccccc2)nn1. The number of hydrogen-bond acceptors (Lipinski definition) is 3. The van der Waals surface area contributed by atoms with Gasteiger partial charge >= 0.3 is 0 Å². The summed E-state index contributed by atoms with van der Waals surface area (Å²) in [5.41, 5.74) is 1.71. The molecule has 24 heavy (non-hydrogen) atoms. The largest absolute Gasteiger partial charge is 0.222 e. The highest BCUT2D eigenvalue weighted by Gasteiger charge is 2.47. The summed E-state index contributed by atoms with van der Waals surface area (Å²) in [6.07, 6.45) is 4.01. The van der Waals surface area contributed by atoms with Crippen molar-refractivity contribution in [1.82, 2.24) is 10.2 Å². The highest BCUT2D eigenvalue weighted by atomic mass is 15.8. The van der Waals surface area contributed by atoms with Gasteiger partial charge < -0.3 is 0 Å². The van der Waals surface area contributed by atoms with Crippen molar-refractivity contribution in [2.24, 2.45) is 5.92 Å². The van der Waals surface area contributed by atoms with Gasteiger partial charge in [-0.1, -0.05) is 24.1 Å². The van der Waals surface area contributed by atoms with Crippen LogP contribution in [-0.4, -0.2) is 41.5 Å². The average molecular weight is 319 g/mol. The van der Waals surface area contributed by atoms with E-state index in [0.717, 1.165) is 28.4 Å². The predicted octanol–water partition coefficient (Wildman–Crippen LogP) is 2.86. The van der Waals surface area contributed by atoms with Crippen molar-refractivity contribution in [1.29, 1.82) is 0 Å². The van der Waals surface area contributed by atoms with E-state index in [1.54, 1.807) is 0 Å². The van der Waals surface area contributed by atoms with Gasteiger partial charge in [0.1, 0.15) is 11.7 Å². The number of fused-ring (bicyclic) bond motifs is 2. The number of hydrogen-bond donors (Lipinski definition) is 0. The summed E-state index contributed by atoms with van der Waals surface area (Å²) in [5.74, 6) is 7.99. The first-order chi connectivity index (χ1) is 11.6. The molecular weight excluding hydrogens is 296 g/mol. The second kappa shape index (κ2) is 5.92. The van der Waals surface area contributed by atoms with Crippen molar-refractivity contribution in [2.75, 3.05) is 25.6 Å². The van der Waals surface area contributed by atoms with Gasteiger partial charge in [0, 0.05) is 18.4 Å². The third kappa shape index (κ3) is 2.76. The van der Waals surface area contributed by atoms with Crippen LogP contribution in [0.3, 0.4) is 0 Å². The Bertz CT molecular complexity index is 771. The van der Waals surface area contributed by atoms with Crippen molar-refractivity contribution in [3.8, 4) is 11.8 Å². The number of quaternary nitrogens is 1. The van der Waals surface area contributed by atoms with Gasteiger partial charge in [-0.05, 0) is 42.5 Å². The lowest BCUT2D eigenvalue weighted by Gasteiger charge is -2.47. The summed E-state index contributed by atoms with van der Waals surface area (Å²) in [4.78, 5) is 0. The predicted molar refractivity (Wildman–Crippen MR) is 95.0 cm³/mol. The maximum Gasteiger partial charge on any atom is 0.198 e. The smallest absolute Gasteiger partial charge is 0.198 e. The van der Waals surface area contributed by atoms with Crippen LogP contribution in [0.25, 0.3) is 0 Å². The van der Waals surface area contributed by atoms with Crippen LogP contribution in [0.15, 0.2) is 42.5 Å². The maximum absolute atomic E-state index is 4.46. The topological polar surface area (TPSA) is 29.0 Å². The molecule has 2 fully saturated rings. The highest BCUT2D eigenvalue weighted by molar-refractivity contribution is 5.42. The molecule has 2 bridgehead atoms. The van der Waals surface area contributed by atoms with E-state index in [1.807, 2.05) is 36.4 Å². The molecule has 1 aromatic heterocycles. The van der Waals surface area contributed by atoms with Gasteiger partial charge in [-0.25, -0.2) is 9.60 Å². The number of rotatable bonds is 1. The minimum Gasteiger partial charge on any atom is -0.222 e. The second-order valence-corrected chi connectivity index (χ2v) is 7.29. The minimum atomic E-state index is 0.711. The van der Waals surface area contributed by atoms with Crippen molar-refractivity contribution in [3.05, 3.63) is 53.7 Å². The van der Waals surface area contributed by atoms with E-state index in [-0.39, 0.29) is 0 Å². The molecule has 1 saturated carbocycles. The summed E-state index contributed by atoms with van der Waals surface area (Å²) in [6, 6.07) is 14.7. The fourth-order valence-corrected chi connectivity index (χ4v) is 3.99. The molecular formula is C20H23N4+. The van der Waals surface area contributed by atoms with Gasteiger partial charge in [0.15, 0.2) is 5.82 Å². The Morgan fingerprint density at radius 1 is 1.00 bits per heavy atom. The molecule has 2 aliphatic rings. The van der Waals surface area contributed by atoms with Crippen LogP contribution in [0.2, 0.25) is 0 Å². The van der Waals surface area contributed by atoms with Crippen LogP contribution >= 0.6 is 0 Å². The van der Waals surface area contributed by atoms with Crippen LogP contribution in [0.4, 0.5) is 5.82 Å². The molecule has 1 saturated heterocycles. The number of anilines is 1. The van der Waals surface area contributed by atoms with Crippen LogP contribution in [-0.2, 0) is 0 Å². The Morgan fingerprint density at radius 3 is 2.58 bits per heavy atom.